The smallest absolute Gasteiger partial charge is 0.254 e. The number of pyridine rings is 1. The number of aromatic nitrogens is 1. The minimum absolute atomic E-state index is 0.0322. The van der Waals surface area contributed by atoms with Crippen molar-refractivity contribution in [3.8, 4) is 0 Å². The zero-order chi connectivity index (χ0) is 15.3. The predicted molar refractivity (Wildman–Crippen MR) is 88.7 cm³/mol. The summed E-state index contributed by atoms with van der Waals surface area (Å²) in [5.74, 6) is -0.0322. The molecular formula is C17H29N3O. The van der Waals surface area contributed by atoms with Crippen molar-refractivity contribution >= 4 is 11.6 Å². The Kier molecular flexibility index (Phi) is 9.25. The molecule has 0 aliphatic heterocycles. The average Bonchev–Trinajstić information content (AvgIpc) is 2.52. The molecule has 1 rings (SSSR count). The standard InChI is InChI=1S/C17H29N3O/c1-3-5-6-7-8-9-12-20-17(21)15-14-18-13-10-16(15)19-11-4-2/h10,13-14H,3-9,11-12H2,1-2H3,(H,18,19)(H,20,21). The first-order chi connectivity index (χ1) is 10.3. The topological polar surface area (TPSA) is 54.0 Å². The van der Waals surface area contributed by atoms with Crippen molar-refractivity contribution in [3.63, 3.8) is 0 Å². The summed E-state index contributed by atoms with van der Waals surface area (Å²) < 4.78 is 0. The maximum Gasteiger partial charge on any atom is 0.254 e. The summed E-state index contributed by atoms with van der Waals surface area (Å²) >= 11 is 0. The first-order valence-electron chi connectivity index (χ1n) is 8.25. The zero-order valence-corrected chi connectivity index (χ0v) is 13.5. The van der Waals surface area contributed by atoms with Crippen LogP contribution in [-0.4, -0.2) is 24.0 Å². The number of amides is 1. The third-order valence-corrected chi connectivity index (χ3v) is 3.45. The van der Waals surface area contributed by atoms with Crippen LogP contribution in [0.15, 0.2) is 18.5 Å². The molecule has 21 heavy (non-hydrogen) atoms. The van der Waals surface area contributed by atoms with E-state index < -0.39 is 0 Å². The van der Waals surface area contributed by atoms with Crippen LogP contribution in [-0.2, 0) is 0 Å². The second-order valence-electron chi connectivity index (χ2n) is 5.37. The number of nitrogens with one attached hydrogen (secondary N) is 2. The molecule has 0 aliphatic rings. The minimum Gasteiger partial charge on any atom is -0.384 e. The Bertz CT molecular complexity index is 407. The highest BCUT2D eigenvalue weighted by Gasteiger charge is 2.10. The summed E-state index contributed by atoms with van der Waals surface area (Å²) in [7, 11) is 0. The lowest BCUT2D eigenvalue weighted by molar-refractivity contribution is 0.0953. The normalized spacial score (nSPS) is 10.4. The van der Waals surface area contributed by atoms with E-state index in [4.69, 9.17) is 0 Å². The highest BCUT2D eigenvalue weighted by molar-refractivity contribution is 5.99. The number of hydrogen-bond donors (Lipinski definition) is 2. The van der Waals surface area contributed by atoms with Crippen molar-refractivity contribution in [2.75, 3.05) is 18.4 Å². The first-order valence-corrected chi connectivity index (χ1v) is 8.25. The molecule has 0 unspecified atom stereocenters. The van der Waals surface area contributed by atoms with Crippen molar-refractivity contribution in [1.82, 2.24) is 10.3 Å². The summed E-state index contributed by atoms with van der Waals surface area (Å²) in [5.41, 5.74) is 1.50. The monoisotopic (exact) mass is 291 g/mol. The third kappa shape index (κ3) is 7.11. The molecule has 1 amide bonds. The lowest BCUT2D eigenvalue weighted by Gasteiger charge is -2.11. The highest BCUT2D eigenvalue weighted by Crippen LogP contribution is 2.13. The van der Waals surface area contributed by atoms with E-state index in [0.29, 0.717) is 5.56 Å². The zero-order valence-electron chi connectivity index (χ0n) is 13.5. The molecule has 0 saturated carbocycles. The Morgan fingerprint density at radius 2 is 1.81 bits per heavy atom. The van der Waals surface area contributed by atoms with Crippen LogP contribution in [0.25, 0.3) is 0 Å². The number of carbonyl (C=O) groups excluding carboxylic acids is 1. The molecule has 1 heterocycles. The van der Waals surface area contributed by atoms with Crippen LogP contribution in [0.3, 0.4) is 0 Å². The largest absolute Gasteiger partial charge is 0.384 e. The van der Waals surface area contributed by atoms with Crippen LogP contribution in [0.1, 0.15) is 69.2 Å². The van der Waals surface area contributed by atoms with Crippen LogP contribution in [0.2, 0.25) is 0 Å². The van der Waals surface area contributed by atoms with Gasteiger partial charge < -0.3 is 10.6 Å². The molecule has 1 aromatic rings. The van der Waals surface area contributed by atoms with Crippen molar-refractivity contribution in [2.45, 2.75) is 58.8 Å². The fourth-order valence-electron chi connectivity index (χ4n) is 2.19. The quantitative estimate of drug-likeness (QED) is 0.606. The van der Waals surface area contributed by atoms with Gasteiger partial charge >= 0.3 is 0 Å². The van der Waals surface area contributed by atoms with Gasteiger partial charge in [-0.25, -0.2) is 0 Å². The van der Waals surface area contributed by atoms with E-state index in [2.05, 4.69) is 29.5 Å². The molecule has 0 saturated heterocycles. The summed E-state index contributed by atoms with van der Waals surface area (Å²) in [6.07, 6.45) is 11.8. The van der Waals surface area contributed by atoms with Gasteiger partial charge in [-0.1, -0.05) is 46.0 Å². The number of hydrogen-bond acceptors (Lipinski definition) is 3. The molecule has 0 bridgehead atoms. The van der Waals surface area contributed by atoms with Gasteiger partial charge in [0, 0.05) is 25.5 Å². The summed E-state index contributed by atoms with van der Waals surface area (Å²) in [6, 6.07) is 1.86. The maximum absolute atomic E-state index is 12.2. The molecule has 2 N–H and O–H groups in total. The van der Waals surface area contributed by atoms with E-state index in [-0.39, 0.29) is 5.91 Å². The van der Waals surface area contributed by atoms with Crippen LogP contribution in [0.4, 0.5) is 5.69 Å². The SMILES string of the molecule is CCCCCCCCNC(=O)c1cnccc1NCCC. The molecule has 0 fully saturated rings. The molecule has 0 aromatic carbocycles. The third-order valence-electron chi connectivity index (χ3n) is 3.45. The Labute approximate surface area is 128 Å². The van der Waals surface area contributed by atoms with Gasteiger partial charge in [0.15, 0.2) is 0 Å². The second-order valence-corrected chi connectivity index (χ2v) is 5.37. The Morgan fingerprint density at radius 3 is 2.57 bits per heavy atom. The van der Waals surface area contributed by atoms with E-state index in [1.54, 1.807) is 12.4 Å². The van der Waals surface area contributed by atoms with E-state index in [1.807, 2.05) is 6.07 Å². The lowest BCUT2D eigenvalue weighted by Crippen LogP contribution is -2.25. The van der Waals surface area contributed by atoms with Crippen LogP contribution < -0.4 is 10.6 Å². The fourth-order valence-corrected chi connectivity index (χ4v) is 2.19. The maximum atomic E-state index is 12.2. The van der Waals surface area contributed by atoms with Gasteiger partial charge in [-0.05, 0) is 18.9 Å². The molecule has 0 atom stereocenters. The number of carbonyl (C=O) groups is 1. The molecule has 4 nitrogen and oxygen atoms in total. The first kappa shape index (κ1) is 17.5. The molecular weight excluding hydrogens is 262 g/mol. The molecule has 0 aliphatic carbocycles. The summed E-state index contributed by atoms with van der Waals surface area (Å²) in [6.45, 7) is 5.93. The Morgan fingerprint density at radius 1 is 1.05 bits per heavy atom. The number of unbranched alkanes of at least 4 members (excludes halogenated alkanes) is 5. The summed E-state index contributed by atoms with van der Waals surface area (Å²) in [5, 5.41) is 6.26. The molecule has 4 heteroatoms. The van der Waals surface area contributed by atoms with Gasteiger partial charge in [-0.15, -0.1) is 0 Å². The number of nitrogens with zero attached hydrogens (tertiary/aromatic N) is 1. The van der Waals surface area contributed by atoms with Crippen LogP contribution in [0.5, 0.6) is 0 Å². The summed E-state index contributed by atoms with van der Waals surface area (Å²) in [4.78, 5) is 16.2. The minimum atomic E-state index is -0.0322. The lowest BCUT2D eigenvalue weighted by atomic mass is 10.1. The molecule has 118 valence electrons. The Balaban J connectivity index is 2.31. The van der Waals surface area contributed by atoms with Gasteiger partial charge in [0.1, 0.15) is 0 Å². The average molecular weight is 291 g/mol. The van der Waals surface area contributed by atoms with Gasteiger partial charge in [0.05, 0.1) is 11.3 Å². The van der Waals surface area contributed by atoms with Crippen LogP contribution in [0, 0.1) is 0 Å². The van der Waals surface area contributed by atoms with Crippen molar-refractivity contribution in [3.05, 3.63) is 24.0 Å². The number of anilines is 1. The van der Waals surface area contributed by atoms with Gasteiger partial charge in [0.25, 0.3) is 5.91 Å². The van der Waals surface area contributed by atoms with Gasteiger partial charge in [-0.3, -0.25) is 9.78 Å². The van der Waals surface area contributed by atoms with Gasteiger partial charge in [-0.2, -0.15) is 0 Å². The molecule has 0 spiro atoms. The highest BCUT2D eigenvalue weighted by atomic mass is 16.1. The van der Waals surface area contributed by atoms with E-state index in [0.717, 1.165) is 31.6 Å². The fraction of sp³-hybridized carbons (Fsp3) is 0.647. The predicted octanol–water partition coefficient (Wildman–Crippen LogP) is 3.99. The van der Waals surface area contributed by atoms with Crippen molar-refractivity contribution in [2.24, 2.45) is 0 Å². The second kappa shape index (κ2) is 11.1. The van der Waals surface area contributed by atoms with Crippen LogP contribution >= 0.6 is 0 Å². The van der Waals surface area contributed by atoms with E-state index >= 15 is 0 Å². The van der Waals surface area contributed by atoms with Gasteiger partial charge in [0.2, 0.25) is 0 Å². The molecule has 1 aromatic heterocycles. The molecule has 0 radical (unpaired) electrons. The van der Waals surface area contributed by atoms with Crippen molar-refractivity contribution < 1.29 is 4.79 Å². The number of rotatable bonds is 11. The van der Waals surface area contributed by atoms with Crippen molar-refractivity contribution in [1.29, 1.82) is 0 Å². The Hall–Kier alpha value is -1.58. The van der Waals surface area contributed by atoms with E-state index in [9.17, 15) is 4.79 Å². The van der Waals surface area contributed by atoms with E-state index in [1.165, 1.54) is 32.1 Å².